The van der Waals surface area contributed by atoms with Gasteiger partial charge in [0.2, 0.25) is 0 Å². The maximum Gasteiger partial charge on any atom is 0.143 e. The molecule has 0 aliphatic carbocycles. The van der Waals surface area contributed by atoms with E-state index in [9.17, 15) is 5.11 Å². The van der Waals surface area contributed by atoms with Gasteiger partial charge in [0.05, 0.1) is 13.2 Å². The number of aromatic nitrogens is 1. The molecule has 1 aromatic heterocycles. The number of aliphatic hydroxyl groups excluding tert-OH is 1. The summed E-state index contributed by atoms with van der Waals surface area (Å²) in [7, 11) is 3.15. The summed E-state index contributed by atoms with van der Waals surface area (Å²) in [6.45, 7) is 3.99. The Bertz CT molecular complexity index is 328. The van der Waals surface area contributed by atoms with E-state index in [0.29, 0.717) is 11.4 Å². The molecule has 0 bridgehead atoms. The maximum absolute atomic E-state index is 10.2. The lowest BCUT2D eigenvalue weighted by molar-refractivity contribution is -0.0418. The highest BCUT2D eigenvalue weighted by molar-refractivity contribution is 5.29. The molecular formula is C12H19NO3. The number of rotatable bonds is 5. The van der Waals surface area contributed by atoms with E-state index in [-0.39, 0.29) is 12.0 Å². The van der Waals surface area contributed by atoms with E-state index < -0.39 is 6.10 Å². The van der Waals surface area contributed by atoms with Gasteiger partial charge >= 0.3 is 0 Å². The molecule has 0 amide bonds. The van der Waals surface area contributed by atoms with E-state index >= 15 is 0 Å². The third kappa shape index (κ3) is 2.71. The van der Waals surface area contributed by atoms with Crippen LogP contribution >= 0.6 is 0 Å². The lowest BCUT2D eigenvalue weighted by atomic mass is 9.98. The van der Waals surface area contributed by atoms with Gasteiger partial charge in [0.25, 0.3) is 0 Å². The zero-order chi connectivity index (χ0) is 12.1. The van der Waals surface area contributed by atoms with Gasteiger partial charge in [-0.05, 0) is 18.1 Å². The van der Waals surface area contributed by atoms with Gasteiger partial charge < -0.3 is 14.6 Å². The average Bonchev–Trinajstić information content (AvgIpc) is 2.29. The summed E-state index contributed by atoms with van der Waals surface area (Å²) >= 11 is 0. The summed E-state index contributed by atoms with van der Waals surface area (Å²) in [5.41, 5.74) is 0.519. The van der Waals surface area contributed by atoms with Gasteiger partial charge in [0.1, 0.15) is 17.5 Å². The highest BCUT2D eigenvalue weighted by atomic mass is 16.5. The Labute approximate surface area is 96.2 Å². The Balaban J connectivity index is 2.98. The second kappa shape index (κ2) is 5.82. The minimum absolute atomic E-state index is 0.201. The lowest BCUT2D eigenvalue weighted by Crippen LogP contribution is -2.27. The Kier molecular flexibility index (Phi) is 4.71. The van der Waals surface area contributed by atoms with Crippen molar-refractivity contribution in [1.82, 2.24) is 4.98 Å². The second-order valence-electron chi connectivity index (χ2n) is 3.98. The molecule has 0 saturated carbocycles. The van der Waals surface area contributed by atoms with Crippen LogP contribution in [0.25, 0.3) is 0 Å². The van der Waals surface area contributed by atoms with Crippen LogP contribution in [0, 0.1) is 5.92 Å². The summed E-state index contributed by atoms with van der Waals surface area (Å²) in [6, 6.07) is 3.55. The predicted molar refractivity (Wildman–Crippen MR) is 61.4 cm³/mol. The van der Waals surface area contributed by atoms with Crippen molar-refractivity contribution < 1.29 is 14.6 Å². The molecule has 0 saturated heterocycles. The minimum Gasteiger partial charge on any atom is -0.495 e. The number of hydrogen-bond acceptors (Lipinski definition) is 4. The molecule has 90 valence electrons. The number of ether oxygens (including phenoxy) is 2. The fourth-order valence-corrected chi connectivity index (χ4v) is 1.72. The van der Waals surface area contributed by atoms with Gasteiger partial charge in [0, 0.05) is 13.3 Å². The molecule has 1 aromatic rings. The van der Waals surface area contributed by atoms with Gasteiger partial charge in [-0.2, -0.15) is 0 Å². The maximum atomic E-state index is 10.2. The van der Waals surface area contributed by atoms with Crippen LogP contribution in [0.2, 0.25) is 0 Å². The number of pyridine rings is 1. The Hall–Kier alpha value is -1.13. The fourth-order valence-electron chi connectivity index (χ4n) is 1.72. The van der Waals surface area contributed by atoms with Gasteiger partial charge in [-0.1, -0.05) is 13.8 Å². The molecule has 4 nitrogen and oxygen atoms in total. The highest BCUT2D eigenvalue weighted by Gasteiger charge is 2.27. The van der Waals surface area contributed by atoms with Crippen LogP contribution in [0.1, 0.15) is 25.6 Å². The molecule has 2 unspecified atom stereocenters. The summed E-state index contributed by atoms with van der Waals surface area (Å²) in [6.07, 6.45) is 0.568. The van der Waals surface area contributed by atoms with E-state index in [4.69, 9.17) is 9.47 Å². The topological polar surface area (TPSA) is 51.6 Å². The lowest BCUT2D eigenvalue weighted by Gasteiger charge is -2.25. The third-order valence-corrected chi connectivity index (χ3v) is 2.54. The number of nitrogens with zero attached hydrogens (tertiary/aromatic N) is 1. The van der Waals surface area contributed by atoms with Crippen LogP contribution in [-0.2, 0) is 4.74 Å². The minimum atomic E-state index is -0.777. The van der Waals surface area contributed by atoms with Crippen molar-refractivity contribution in [1.29, 1.82) is 0 Å². The monoisotopic (exact) mass is 225 g/mol. The highest BCUT2D eigenvalue weighted by Crippen LogP contribution is 2.28. The molecule has 0 fully saturated rings. The summed E-state index contributed by atoms with van der Waals surface area (Å²) in [4.78, 5) is 4.15. The quantitative estimate of drug-likeness (QED) is 0.830. The summed E-state index contributed by atoms with van der Waals surface area (Å²) in [5, 5.41) is 10.2. The van der Waals surface area contributed by atoms with Crippen LogP contribution in [0.5, 0.6) is 5.75 Å². The van der Waals surface area contributed by atoms with E-state index in [2.05, 4.69) is 4.98 Å². The molecule has 1 heterocycles. The Morgan fingerprint density at radius 1 is 1.31 bits per heavy atom. The van der Waals surface area contributed by atoms with Crippen molar-refractivity contribution in [3.8, 4) is 5.75 Å². The molecule has 2 atom stereocenters. The van der Waals surface area contributed by atoms with Crippen LogP contribution < -0.4 is 4.74 Å². The second-order valence-corrected chi connectivity index (χ2v) is 3.98. The van der Waals surface area contributed by atoms with Crippen molar-refractivity contribution in [2.45, 2.75) is 26.1 Å². The molecule has 16 heavy (non-hydrogen) atoms. The van der Waals surface area contributed by atoms with E-state index in [1.807, 2.05) is 13.8 Å². The van der Waals surface area contributed by atoms with Gasteiger partial charge in [-0.25, -0.2) is 0 Å². The van der Waals surface area contributed by atoms with Crippen LogP contribution in [0.4, 0.5) is 0 Å². The van der Waals surface area contributed by atoms with Crippen molar-refractivity contribution in [3.05, 3.63) is 24.0 Å². The molecule has 0 aromatic carbocycles. The Morgan fingerprint density at radius 3 is 2.50 bits per heavy atom. The third-order valence-electron chi connectivity index (χ3n) is 2.54. The van der Waals surface area contributed by atoms with Crippen molar-refractivity contribution in [2.24, 2.45) is 5.92 Å². The Morgan fingerprint density at radius 2 is 2.00 bits per heavy atom. The number of hydrogen-bond donors (Lipinski definition) is 1. The van der Waals surface area contributed by atoms with E-state index in [0.717, 1.165) is 0 Å². The molecule has 0 radical (unpaired) electrons. The molecule has 0 spiro atoms. The van der Waals surface area contributed by atoms with Gasteiger partial charge in [-0.3, -0.25) is 4.98 Å². The zero-order valence-electron chi connectivity index (χ0n) is 10.2. The molecule has 4 heteroatoms. The normalized spacial score (nSPS) is 14.9. The average molecular weight is 225 g/mol. The van der Waals surface area contributed by atoms with E-state index in [1.165, 1.54) is 0 Å². The first-order valence-corrected chi connectivity index (χ1v) is 5.31. The molecule has 0 aliphatic heterocycles. The molecular weight excluding hydrogens is 206 g/mol. The van der Waals surface area contributed by atoms with E-state index in [1.54, 1.807) is 32.5 Å². The van der Waals surface area contributed by atoms with Gasteiger partial charge in [0.15, 0.2) is 0 Å². The molecule has 1 N–H and O–H groups in total. The standard InChI is InChI=1S/C12H19NO3/c1-8(2)12(16-4)11(14)10-9(15-3)6-5-7-13-10/h5-8,11-12,14H,1-4H3. The van der Waals surface area contributed by atoms with Crippen molar-refractivity contribution >= 4 is 0 Å². The first kappa shape index (κ1) is 12.9. The largest absolute Gasteiger partial charge is 0.495 e. The predicted octanol–water partition coefficient (Wildman–Crippen LogP) is 1.79. The number of methoxy groups -OCH3 is 2. The fraction of sp³-hybridized carbons (Fsp3) is 0.583. The first-order chi connectivity index (χ1) is 7.61. The van der Waals surface area contributed by atoms with Crippen LogP contribution in [0.15, 0.2) is 18.3 Å². The smallest absolute Gasteiger partial charge is 0.143 e. The molecule has 0 aliphatic rings. The molecule has 1 rings (SSSR count). The SMILES string of the molecule is COc1cccnc1C(O)C(OC)C(C)C. The zero-order valence-corrected chi connectivity index (χ0v) is 10.2. The summed E-state index contributed by atoms with van der Waals surface area (Å²) in [5.74, 6) is 0.782. The van der Waals surface area contributed by atoms with Crippen molar-refractivity contribution in [2.75, 3.05) is 14.2 Å². The van der Waals surface area contributed by atoms with Crippen molar-refractivity contribution in [3.63, 3.8) is 0 Å². The van der Waals surface area contributed by atoms with Crippen LogP contribution in [0.3, 0.4) is 0 Å². The number of aliphatic hydroxyl groups is 1. The first-order valence-electron chi connectivity index (χ1n) is 5.31. The van der Waals surface area contributed by atoms with Crippen LogP contribution in [-0.4, -0.2) is 30.4 Å². The summed E-state index contributed by atoms with van der Waals surface area (Å²) < 4.78 is 10.4. The van der Waals surface area contributed by atoms with Gasteiger partial charge in [-0.15, -0.1) is 0 Å².